The second kappa shape index (κ2) is 24.9. The minimum atomic E-state index is -0.0281. The number of benzene rings is 4. The highest BCUT2D eigenvalue weighted by Gasteiger charge is 2.30. The fourth-order valence-corrected chi connectivity index (χ4v) is 8.03. The maximum Gasteiger partial charge on any atom is 0.298 e. The van der Waals surface area contributed by atoms with Crippen molar-refractivity contribution in [1.82, 2.24) is 55.1 Å². The fraction of sp³-hybridized carbons (Fsp3) is 0.333. The Kier molecular flexibility index (Phi) is 20.0. The molecule has 10 rings (SSSR count). The zero-order valence-corrected chi connectivity index (χ0v) is 40.4. The molecule has 0 radical (unpaired) electrons. The molecular formula is C48H60Cl2N12O4S2. The van der Waals surface area contributed by atoms with E-state index < -0.39 is 0 Å². The summed E-state index contributed by atoms with van der Waals surface area (Å²) in [6, 6.07) is 23.1. The Morgan fingerprint density at radius 3 is 1.75 bits per heavy atom. The molecule has 0 saturated carbocycles. The second-order valence-electron chi connectivity index (χ2n) is 15.8. The summed E-state index contributed by atoms with van der Waals surface area (Å²) < 4.78 is 11.0. The van der Waals surface area contributed by atoms with E-state index in [2.05, 4.69) is 54.4 Å². The molecular weight excluding hydrogens is 944 g/mol. The molecule has 2 aliphatic heterocycles. The van der Waals surface area contributed by atoms with Crippen molar-refractivity contribution in [3.05, 3.63) is 136 Å². The molecule has 0 unspecified atom stereocenters. The van der Waals surface area contributed by atoms with Crippen molar-refractivity contribution < 1.29 is 18.4 Å². The fourth-order valence-electron chi connectivity index (χ4n) is 7.70. The molecule has 16 nitrogen and oxygen atoms in total. The minimum absolute atomic E-state index is 0. The van der Waals surface area contributed by atoms with Gasteiger partial charge in [0, 0.05) is 54.9 Å². The molecule has 0 spiro atoms. The SMILES string of the molecule is C.C.Cc1ccc(-n2nccn2)c(C(=O)N2CCN(c3nc4cc(Cl)ccc4o3)CC[C@@H]2C)c1.Cc1ccc(-n2nccn2)c(C(=O)N2CCNCC[C@@H]2C)c1.Clc1ccc2ocnc2c1.S.S. The zero-order chi connectivity index (χ0) is 44.7. The summed E-state index contributed by atoms with van der Waals surface area (Å²) in [6.45, 7) is 12.6. The van der Waals surface area contributed by atoms with Crippen molar-refractivity contribution in [3.8, 4) is 11.4 Å². The van der Waals surface area contributed by atoms with Gasteiger partial charge < -0.3 is 28.9 Å². The molecule has 2 saturated heterocycles. The van der Waals surface area contributed by atoms with Gasteiger partial charge in [0.25, 0.3) is 17.8 Å². The second-order valence-corrected chi connectivity index (χ2v) is 16.6. The van der Waals surface area contributed by atoms with E-state index in [-0.39, 0.29) is 65.7 Å². The zero-order valence-electron chi connectivity index (χ0n) is 36.9. The number of hydrogen-bond donors (Lipinski definition) is 1. The number of hydrogen-bond acceptors (Lipinski definition) is 12. The van der Waals surface area contributed by atoms with Gasteiger partial charge in [0.1, 0.15) is 11.0 Å². The average Bonchev–Trinajstić information content (AvgIpc) is 4.13. The molecule has 362 valence electrons. The number of oxazole rings is 2. The van der Waals surface area contributed by atoms with Crippen LogP contribution in [-0.4, -0.2) is 113 Å². The van der Waals surface area contributed by atoms with Crippen LogP contribution in [-0.2, 0) is 0 Å². The number of anilines is 1. The maximum atomic E-state index is 13.6. The molecule has 6 heterocycles. The van der Waals surface area contributed by atoms with E-state index in [1.165, 1.54) is 16.0 Å². The van der Waals surface area contributed by atoms with Gasteiger partial charge in [-0.15, -0.1) is 0 Å². The number of nitrogens with zero attached hydrogens (tertiary/aromatic N) is 11. The van der Waals surface area contributed by atoms with Crippen LogP contribution in [0.4, 0.5) is 6.01 Å². The van der Waals surface area contributed by atoms with Crippen LogP contribution in [0.3, 0.4) is 0 Å². The highest BCUT2D eigenvalue weighted by Crippen LogP contribution is 2.28. The molecule has 20 heteroatoms. The van der Waals surface area contributed by atoms with Gasteiger partial charge in [-0.2, -0.15) is 62.0 Å². The number of nitrogens with one attached hydrogen (secondary N) is 1. The summed E-state index contributed by atoms with van der Waals surface area (Å²) in [7, 11) is 0. The first kappa shape index (κ1) is 54.7. The van der Waals surface area contributed by atoms with Crippen LogP contribution in [0, 0.1) is 13.8 Å². The van der Waals surface area contributed by atoms with Gasteiger partial charge in [0.2, 0.25) is 0 Å². The van der Waals surface area contributed by atoms with Crippen molar-refractivity contribution in [2.75, 3.05) is 44.2 Å². The summed E-state index contributed by atoms with van der Waals surface area (Å²) in [6.07, 6.45) is 9.61. The standard InChI is InChI=1S/C23H23ClN6O2.C16H21N5O.C7H4ClNO.2CH4.2H2S/c1-15-3-5-20(30-25-8-9-26-30)18(13-15)22(31)29-12-11-28(10-7-16(29)2)23-27-19-14-17(24)4-6-21(19)32-23;1-12-3-4-15(21-18-7-8-19-21)14(11-12)16(22)20-10-9-17-6-5-13(20)2;8-5-1-2-7-6(3-5)9-4-10-7;;;;/h3-6,8-9,13-14,16H,7,10-12H2,1-2H3;3-4,7-8,11,13,17H,5-6,9-10H2,1-2H3;1-4H;2*1H4;2*1H2/t16-;13-;;;;;/m00...../s1. The van der Waals surface area contributed by atoms with E-state index in [0.717, 1.165) is 72.5 Å². The van der Waals surface area contributed by atoms with E-state index in [0.29, 0.717) is 51.5 Å². The lowest BCUT2D eigenvalue weighted by atomic mass is 10.1. The molecule has 0 bridgehead atoms. The van der Waals surface area contributed by atoms with Crippen molar-refractivity contribution in [1.29, 1.82) is 0 Å². The van der Waals surface area contributed by atoms with Crippen LogP contribution in [0.1, 0.15) is 73.4 Å². The van der Waals surface area contributed by atoms with Crippen LogP contribution in [0.2, 0.25) is 10.0 Å². The number of aromatic nitrogens is 8. The Labute approximate surface area is 420 Å². The van der Waals surface area contributed by atoms with E-state index in [1.54, 1.807) is 55.1 Å². The summed E-state index contributed by atoms with van der Waals surface area (Å²) >= 11 is 11.8. The van der Waals surface area contributed by atoms with Gasteiger partial charge in [-0.1, -0.05) is 61.3 Å². The van der Waals surface area contributed by atoms with Crippen LogP contribution < -0.4 is 10.2 Å². The third-order valence-corrected chi connectivity index (χ3v) is 11.7. The summed E-state index contributed by atoms with van der Waals surface area (Å²) in [5, 5.41) is 21.4. The number of halogens is 2. The van der Waals surface area contributed by atoms with Crippen molar-refractivity contribution in [2.45, 2.75) is 67.5 Å². The maximum absolute atomic E-state index is 13.6. The molecule has 4 aromatic heterocycles. The van der Waals surface area contributed by atoms with Gasteiger partial charge in [-0.05, 0) is 108 Å². The van der Waals surface area contributed by atoms with E-state index in [4.69, 9.17) is 32.0 Å². The molecule has 4 aromatic carbocycles. The Morgan fingerprint density at radius 1 is 0.632 bits per heavy atom. The Morgan fingerprint density at radius 2 is 1.16 bits per heavy atom. The smallest absolute Gasteiger partial charge is 0.298 e. The quantitative estimate of drug-likeness (QED) is 0.174. The van der Waals surface area contributed by atoms with Crippen LogP contribution in [0.5, 0.6) is 0 Å². The Bertz CT molecular complexity index is 2860. The van der Waals surface area contributed by atoms with Gasteiger partial charge >= 0.3 is 0 Å². The molecule has 8 aromatic rings. The van der Waals surface area contributed by atoms with Crippen molar-refractivity contribution in [2.24, 2.45) is 0 Å². The third-order valence-electron chi connectivity index (χ3n) is 11.2. The monoisotopic (exact) mass is 1000 g/mol. The predicted octanol–water partition coefficient (Wildman–Crippen LogP) is 9.49. The highest BCUT2D eigenvalue weighted by atomic mass is 35.5. The van der Waals surface area contributed by atoms with Gasteiger partial charge in [-0.3, -0.25) is 9.59 Å². The molecule has 68 heavy (non-hydrogen) atoms. The lowest BCUT2D eigenvalue weighted by Gasteiger charge is -2.27. The number of rotatable bonds is 5. The summed E-state index contributed by atoms with van der Waals surface area (Å²) in [4.78, 5) is 44.2. The predicted molar refractivity (Wildman–Crippen MR) is 280 cm³/mol. The normalized spacial score (nSPS) is 15.7. The third kappa shape index (κ3) is 12.8. The van der Waals surface area contributed by atoms with Gasteiger partial charge in [0.15, 0.2) is 17.6 Å². The number of fused-ring (bicyclic) bond motifs is 2. The molecule has 0 aliphatic carbocycles. The topological polar surface area (TPSA) is 169 Å². The summed E-state index contributed by atoms with van der Waals surface area (Å²) in [5.74, 6) is 0.0203. The number of aryl methyl sites for hydroxylation is 2. The van der Waals surface area contributed by atoms with Crippen LogP contribution >= 0.6 is 50.2 Å². The largest absolute Gasteiger partial charge is 0.443 e. The highest BCUT2D eigenvalue weighted by molar-refractivity contribution is 7.59. The van der Waals surface area contributed by atoms with Crippen molar-refractivity contribution in [3.63, 3.8) is 0 Å². The van der Waals surface area contributed by atoms with Gasteiger partial charge in [0.05, 0.1) is 47.3 Å². The Hall–Kier alpha value is -5.92. The van der Waals surface area contributed by atoms with Crippen LogP contribution in [0.25, 0.3) is 33.6 Å². The van der Waals surface area contributed by atoms with Crippen molar-refractivity contribution >= 4 is 90.2 Å². The first-order chi connectivity index (χ1) is 31.0. The lowest BCUT2D eigenvalue weighted by Crippen LogP contribution is -2.40. The minimum Gasteiger partial charge on any atom is -0.443 e. The van der Waals surface area contributed by atoms with E-state index >= 15 is 0 Å². The van der Waals surface area contributed by atoms with E-state index in [9.17, 15) is 9.59 Å². The number of amides is 2. The molecule has 2 atom stereocenters. The molecule has 2 fully saturated rings. The number of carbonyl (C=O) groups is 2. The first-order valence-electron chi connectivity index (χ1n) is 21.1. The van der Waals surface area contributed by atoms with Crippen LogP contribution in [0.15, 0.2) is 113 Å². The Balaban J connectivity index is 0.000000243. The van der Waals surface area contributed by atoms with E-state index in [1.807, 2.05) is 66.1 Å². The number of carbonyl (C=O) groups excluding carboxylic acids is 2. The average molecular weight is 1000 g/mol. The first-order valence-corrected chi connectivity index (χ1v) is 21.8. The lowest BCUT2D eigenvalue weighted by molar-refractivity contribution is 0.0696. The molecule has 2 aliphatic rings. The molecule has 2 amide bonds. The summed E-state index contributed by atoms with van der Waals surface area (Å²) in [5.41, 5.74) is 7.72. The molecule has 1 N–H and O–H groups in total. The van der Waals surface area contributed by atoms with Gasteiger partial charge in [-0.25, -0.2) is 4.98 Å².